The summed E-state index contributed by atoms with van der Waals surface area (Å²) in [5.41, 5.74) is 1.74. The standard InChI is InChI=1S/C16H21ClN2O2/c1-3-4-7-18-16(21)12-8-15(20)19(10-12)13-6-5-11(2)14(17)9-13/h5-6,9,12H,3-4,7-8,10H2,1-2H3,(H,18,21). The van der Waals surface area contributed by atoms with Crippen molar-refractivity contribution in [3.8, 4) is 0 Å². The summed E-state index contributed by atoms with van der Waals surface area (Å²) in [6, 6.07) is 5.54. The highest BCUT2D eigenvalue weighted by atomic mass is 35.5. The Bertz CT molecular complexity index is 545. The van der Waals surface area contributed by atoms with Crippen LogP contribution in [-0.4, -0.2) is 24.9 Å². The van der Waals surface area contributed by atoms with E-state index in [0.29, 0.717) is 18.1 Å². The maximum atomic E-state index is 12.1. The average Bonchev–Trinajstić information content (AvgIpc) is 2.84. The summed E-state index contributed by atoms with van der Waals surface area (Å²) in [5.74, 6) is -0.322. The van der Waals surface area contributed by atoms with E-state index in [1.165, 1.54) is 0 Å². The molecule has 1 aliphatic heterocycles. The number of benzene rings is 1. The number of hydrogen-bond donors (Lipinski definition) is 1. The third-order valence-corrected chi connectivity index (χ3v) is 4.20. The van der Waals surface area contributed by atoms with Gasteiger partial charge in [-0.3, -0.25) is 9.59 Å². The van der Waals surface area contributed by atoms with Crippen molar-refractivity contribution >= 4 is 29.1 Å². The highest BCUT2D eigenvalue weighted by Gasteiger charge is 2.35. The molecule has 1 fully saturated rings. The van der Waals surface area contributed by atoms with E-state index in [-0.39, 0.29) is 24.2 Å². The molecule has 0 radical (unpaired) electrons. The molecule has 0 saturated carbocycles. The Morgan fingerprint density at radius 3 is 2.90 bits per heavy atom. The number of aryl methyl sites for hydroxylation is 1. The molecule has 1 aromatic rings. The molecule has 21 heavy (non-hydrogen) atoms. The Morgan fingerprint density at radius 1 is 1.48 bits per heavy atom. The van der Waals surface area contributed by atoms with Crippen molar-refractivity contribution in [1.82, 2.24) is 5.32 Å². The first-order valence-electron chi connectivity index (χ1n) is 7.37. The first-order chi connectivity index (χ1) is 10.0. The average molecular weight is 309 g/mol. The van der Waals surface area contributed by atoms with Crippen molar-refractivity contribution < 1.29 is 9.59 Å². The van der Waals surface area contributed by atoms with E-state index in [1.807, 2.05) is 19.1 Å². The Labute approximate surface area is 130 Å². The summed E-state index contributed by atoms with van der Waals surface area (Å²) in [5, 5.41) is 3.53. The van der Waals surface area contributed by atoms with Crippen molar-refractivity contribution in [2.24, 2.45) is 5.92 Å². The summed E-state index contributed by atoms with van der Waals surface area (Å²) in [6.45, 7) is 5.10. The molecule has 1 unspecified atom stereocenters. The van der Waals surface area contributed by atoms with E-state index in [4.69, 9.17) is 11.6 Å². The van der Waals surface area contributed by atoms with Gasteiger partial charge < -0.3 is 10.2 Å². The Kier molecular flexibility index (Phi) is 5.23. The first-order valence-corrected chi connectivity index (χ1v) is 7.75. The van der Waals surface area contributed by atoms with E-state index in [2.05, 4.69) is 12.2 Å². The van der Waals surface area contributed by atoms with Gasteiger partial charge in [-0.15, -0.1) is 0 Å². The zero-order valence-corrected chi connectivity index (χ0v) is 13.2. The number of nitrogens with zero attached hydrogens (tertiary/aromatic N) is 1. The second kappa shape index (κ2) is 6.94. The number of unbranched alkanes of at least 4 members (excludes halogenated alkanes) is 1. The molecule has 2 rings (SSSR count). The van der Waals surface area contributed by atoms with Crippen molar-refractivity contribution in [2.75, 3.05) is 18.0 Å². The number of nitrogens with one attached hydrogen (secondary N) is 1. The summed E-state index contributed by atoms with van der Waals surface area (Å²) < 4.78 is 0. The molecule has 1 heterocycles. The number of hydrogen-bond acceptors (Lipinski definition) is 2. The van der Waals surface area contributed by atoms with Gasteiger partial charge >= 0.3 is 0 Å². The topological polar surface area (TPSA) is 49.4 Å². The predicted molar refractivity (Wildman–Crippen MR) is 84.6 cm³/mol. The van der Waals surface area contributed by atoms with Crippen LogP contribution in [0.2, 0.25) is 5.02 Å². The number of carbonyl (C=O) groups is 2. The highest BCUT2D eigenvalue weighted by molar-refractivity contribution is 6.31. The van der Waals surface area contributed by atoms with Gasteiger partial charge in [0.2, 0.25) is 11.8 Å². The van der Waals surface area contributed by atoms with Crippen LogP contribution < -0.4 is 10.2 Å². The second-order valence-electron chi connectivity index (χ2n) is 5.48. The molecule has 2 amide bonds. The minimum absolute atomic E-state index is 0.0226. The molecule has 1 aromatic carbocycles. The lowest BCUT2D eigenvalue weighted by molar-refractivity contribution is -0.126. The van der Waals surface area contributed by atoms with E-state index in [1.54, 1.807) is 11.0 Å². The van der Waals surface area contributed by atoms with Gasteiger partial charge in [-0.1, -0.05) is 31.0 Å². The lowest BCUT2D eigenvalue weighted by Gasteiger charge is -2.17. The zero-order chi connectivity index (χ0) is 15.4. The predicted octanol–water partition coefficient (Wildman–Crippen LogP) is 2.92. The fraction of sp³-hybridized carbons (Fsp3) is 0.500. The third kappa shape index (κ3) is 3.76. The molecule has 1 atom stereocenters. The van der Waals surface area contributed by atoms with Crippen LogP contribution in [-0.2, 0) is 9.59 Å². The smallest absolute Gasteiger partial charge is 0.227 e. The van der Waals surface area contributed by atoms with Crippen LogP contribution in [0.15, 0.2) is 18.2 Å². The van der Waals surface area contributed by atoms with Crippen LogP contribution in [0.3, 0.4) is 0 Å². The Hall–Kier alpha value is -1.55. The zero-order valence-electron chi connectivity index (χ0n) is 12.5. The van der Waals surface area contributed by atoms with Crippen molar-refractivity contribution in [3.63, 3.8) is 0 Å². The number of halogens is 1. The molecule has 0 spiro atoms. The van der Waals surface area contributed by atoms with Gasteiger partial charge in [0.05, 0.1) is 5.92 Å². The molecule has 1 N–H and O–H groups in total. The first kappa shape index (κ1) is 15.8. The number of rotatable bonds is 5. The molecule has 0 aromatic heterocycles. The molecule has 0 bridgehead atoms. The van der Waals surface area contributed by atoms with Crippen LogP contribution in [0.1, 0.15) is 31.7 Å². The molecular weight excluding hydrogens is 288 g/mol. The van der Waals surface area contributed by atoms with Crippen molar-refractivity contribution in [2.45, 2.75) is 33.1 Å². The van der Waals surface area contributed by atoms with Gasteiger partial charge in [-0.2, -0.15) is 0 Å². The third-order valence-electron chi connectivity index (χ3n) is 3.79. The van der Waals surface area contributed by atoms with Gasteiger partial charge in [0.15, 0.2) is 0 Å². The molecule has 1 saturated heterocycles. The van der Waals surface area contributed by atoms with Gasteiger partial charge in [-0.05, 0) is 31.0 Å². The summed E-state index contributed by atoms with van der Waals surface area (Å²) in [7, 11) is 0. The summed E-state index contributed by atoms with van der Waals surface area (Å²) in [4.78, 5) is 25.8. The van der Waals surface area contributed by atoms with Crippen LogP contribution in [0.5, 0.6) is 0 Å². The van der Waals surface area contributed by atoms with Crippen LogP contribution in [0, 0.1) is 12.8 Å². The van der Waals surface area contributed by atoms with Crippen LogP contribution in [0.25, 0.3) is 0 Å². The Balaban J connectivity index is 2.02. The van der Waals surface area contributed by atoms with E-state index >= 15 is 0 Å². The van der Waals surface area contributed by atoms with Crippen LogP contribution >= 0.6 is 11.6 Å². The molecular formula is C16H21ClN2O2. The van der Waals surface area contributed by atoms with Gasteiger partial charge in [-0.25, -0.2) is 0 Å². The lowest BCUT2D eigenvalue weighted by Crippen LogP contribution is -2.33. The van der Waals surface area contributed by atoms with E-state index in [0.717, 1.165) is 24.1 Å². The van der Waals surface area contributed by atoms with Gasteiger partial charge in [0, 0.05) is 30.2 Å². The number of anilines is 1. The quantitative estimate of drug-likeness (QED) is 0.850. The summed E-state index contributed by atoms with van der Waals surface area (Å²) in [6.07, 6.45) is 2.27. The van der Waals surface area contributed by atoms with E-state index in [9.17, 15) is 9.59 Å². The fourth-order valence-electron chi connectivity index (χ4n) is 2.42. The largest absolute Gasteiger partial charge is 0.356 e. The molecule has 114 valence electrons. The summed E-state index contributed by atoms with van der Waals surface area (Å²) >= 11 is 6.11. The van der Waals surface area contributed by atoms with E-state index < -0.39 is 0 Å². The maximum absolute atomic E-state index is 12.1. The number of carbonyl (C=O) groups excluding carboxylic acids is 2. The molecule has 0 aliphatic carbocycles. The van der Waals surface area contributed by atoms with Crippen LogP contribution in [0.4, 0.5) is 5.69 Å². The Morgan fingerprint density at radius 2 is 2.24 bits per heavy atom. The van der Waals surface area contributed by atoms with Gasteiger partial charge in [0.25, 0.3) is 0 Å². The van der Waals surface area contributed by atoms with Crippen molar-refractivity contribution in [1.29, 1.82) is 0 Å². The number of amides is 2. The maximum Gasteiger partial charge on any atom is 0.227 e. The minimum atomic E-state index is -0.269. The second-order valence-corrected chi connectivity index (χ2v) is 5.89. The minimum Gasteiger partial charge on any atom is -0.356 e. The van der Waals surface area contributed by atoms with Crippen molar-refractivity contribution in [3.05, 3.63) is 28.8 Å². The normalized spacial score (nSPS) is 18.1. The SMILES string of the molecule is CCCCNC(=O)C1CC(=O)N(c2ccc(C)c(Cl)c2)C1. The lowest BCUT2D eigenvalue weighted by atomic mass is 10.1. The van der Waals surface area contributed by atoms with Gasteiger partial charge in [0.1, 0.15) is 0 Å². The highest BCUT2D eigenvalue weighted by Crippen LogP contribution is 2.28. The molecule has 1 aliphatic rings. The molecule has 4 nitrogen and oxygen atoms in total. The fourth-order valence-corrected chi connectivity index (χ4v) is 2.59. The molecule has 5 heteroatoms. The monoisotopic (exact) mass is 308 g/mol.